The maximum Gasteiger partial charge on any atom is 0.308 e. The van der Waals surface area contributed by atoms with Gasteiger partial charge in [-0.2, -0.15) is 4.31 Å². The third-order valence-electron chi connectivity index (χ3n) is 3.71. The summed E-state index contributed by atoms with van der Waals surface area (Å²) in [5.74, 6) is -1.10. The highest BCUT2D eigenvalue weighted by Gasteiger charge is 2.34. The summed E-state index contributed by atoms with van der Waals surface area (Å²) in [6.45, 7) is 3.88. The van der Waals surface area contributed by atoms with Gasteiger partial charge in [-0.05, 0) is 12.8 Å². The number of carbonyl (C=O) groups excluding carboxylic acids is 2. The van der Waals surface area contributed by atoms with Gasteiger partial charge in [0.1, 0.15) is 0 Å². The summed E-state index contributed by atoms with van der Waals surface area (Å²) in [6.07, 6.45) is 0.809. The van der Waals surface area contributed by atoms with Crippen LogP contribution in [0.15, 0.2) is 4.34 Å². The number of nitrogens with one attached hydrogen (secondary N) is 1. The van der Waals surface area contributed by atoms with Crippen molar-refractivity contribution >= 4 is 38.4 Å². The molecule has 1 aromatic heterocycles. The quantitative estimate of drug-likeness (QED) is 0.593. The molecule has 1 aliphatic rings. The minimum absolute atomic E-state index is 0.150. The molecule has 1 aromatic rings. The van der Waals surface area contributed by atoms with Gasteiger partial charge in [0.05, 0.1) is 13.0 Å². The van der Waals surface area contributed by atoms with E-state index in [9.17, 15) is 18.0 Å². The number of hydrogen-bond donors (Lipinski definition) is 1. The average molecular weight is 376 g/mol. The molecule has 134 valence electrons. The molecule has 2 rings (SSSR count). The molecule has 0 spiro atoms. The number of rotatable bonds is 5. The van der Waals surface area contributed by atoms with Crippen LogP contribution < -0.4 is 5.32 Å². The number of aromatic nitrogens is 2. The number of piperidine rings is 1. The molecule has 0 atom stereocenters. The zero-order valence-electron chi connectivity index (χ0n) is 13.7. The zero-order valence-corrected chi connectivity index (χ0v) is 15.3. The number of sulfonamides is 1. The van der Waals surface area contributed by atoms with E-state index in [4.69, 9.17) is 0 Å². The molecular formula is C13H20N4O5S2. The van der Waals surface area contributed by atoms with Gasteiger partial charge in [0, 0.05) is 19.0 Å². The Bertz CT molecular complexity index is 708. The normalized spacial score (nSPS) is 17.0. The van der Waals surface area contributed by atoms with Crippen molar-refractivity contribution in [3.8, 4) is 0 Å². The van der Waals surface area contributed by atoms with Crippen LogP contribution in [0.5, 0.6) is 0 Å². The van der Waals surface area contributed by atoms with E-state index in [1.165, 1.54) is 11.4 Å². The first-order valence-corrected chi connectivity index (χ1v) is 9.73. The van der Waals surface area contributed by atoms with Crippen molar-refractivity contribution in [2.24, 2.45) is 11.8 Å². The van der Waals surface area contributed by atoms with Crippen LogP contribution in [0.2, 0.25) is 0 Å². The van der Waals surface area contributed by atoms with Crippen molar-refractivity contribution < 1.29 is 22.7 Å². The van der Waals surface area contributed by atoms with Crippen LogP contribution in [-0.2, 0) is 24.3 Å². The standard InChI is InChI=1S/C13H20N4O5S2/c1-8(2)10(18)14-12-15-16-13(23-12)24(20,21)17-6-4-9(5-7-17)11(19)22-3/h8-9H,4-7H2,1-3H3,(H,14,15,18). The second-order valence-corrected chi connectivity index (χ2v) is 8.81. The third-order valence-corrected chi connectivity index (χ3v) is 6.79. The highest BCUT2D eigenvalue weighted by molar-refractivity contribution is 7.91. The molecular weight excluding hydrogens is 356 g/mol. The molecule has 0 aliphatic carbocycles. The van der Waals surface area contributed by atoms with Gasteiger partial charge < -0.3 is 10.1 Å². The van der Waals surface area contributed by atoms with Crippen LogP contribution in [0.4, 0.5) is 5.13 Å². The Hall–Kier alpha value is -1.59. The largest absolute Gasteiger partial charge is 0.469 e. The molecule has 0 saturated carbocycles. The molecule has 24 heavy (non-hydrogen) atoms. The summed E-state index contributed by atoms with van der Waals surface area (Å²) in [7, 11) is -2.46. The molecule has 1 saturated heterocycles. The number of nitrogens with zero attached hydrogens (tertiary/aromatic N) is 3. The van der Waals surface area contributed by atoms with Gasteiger partial charge in [0.2, 0.25) is 15.4 Å². The predicted octanol–water partition coefficient (Wildman–Crippen LogP) is 0.706. The maximum atomic E-state index is 12.6. The van der Waals surface area contributed by atoms with Gasteiger partial charge in [0.25, 0.3) is 10.0 Å². The number of methoxy groups -OCH3 is 1. The SMILES string of the molecule is COC(=O)C1CCN(S(=O)(=O)c2nnc(NC(=O)C(C)C)s2)CC1. The average Bonchev–Trinajstić information content (AvgIpc) is 3.03. The van der Waals surface area contributed by atoms with Crippen molar-refractivity contribution in [1.82, 2.24) is 14.5 Å². The molecule has 9 nitrogen and oxygen atoms in total. The van der Waals surface area contributed by atoms with Crippen molar-refractivity contribution in [3.05, 3.63) is 0 Å². The van der Waals surface area contributed by atoms with E-state index in [2.05, 4.69) is 20.3 Å². The highest BCUT2D eigenvalue weighted by Crippen LogP contribution is 2.27. The molecule has 0 aromatic carbocycles. The Morgan fingerprint density at radius 3 is 2.46 bits per heavy atom. The Morgan fingerprint density at radius 2 is 1.92 bits per heavy atom. The lowest BCUT2D eigenvalue weighted by atomic mass is 9.99. The number of esters is 1. The van der Waals surface area contributed by atoms with Gasteiger partial charge in [-0.3, -0.25) is 9.59 Å². The molecule has 0 radical (unpaired) electrons. The summed E-state index contributed by atoms with van der Waals surface area (Å²) in [5, 5.41) is 10.1. The van der Waals surface area contributed by atoms with E-state index >= 15 is 0 Å². The van der Waals surface area contributed by atoms with E-state index in [0.717, 1.165) is 11.3 Å². The first kappa shape index (κ1) is 18.7. The molecule has 1 fully saturated rings. The highest BCUT2D eigenvalue weighted by atomic mass is 32.2. The molecule has 0 unspecified atom stereocenters. The Kier molecular flexibility index (Phi) is 5.88. The number of anilines is 1. The Labute approximate surface area is 144 Å². The van der Waals surface area contributed by atoms with Gasteiger partial charge in [-0.15, -0.1) is 10.2 Å². The fourth-order valence-electron chi connectivity index (χ4n) is 2.22. The van der Waals surface area contributed by atoms with E-state index < -0.39 is 10.0 Å². The summed E-state index contributed by atoms with van der Waals surface area (Å²) in [4.78, 5) is 23.1. The van der Waals surface area contributed by atoms with E-state index in [0.29, 0.717) is 12.8 Å². The summed E-state index contributed by atoms with van der Waals surface area (Å²) in [6, 6.07) is 0. The predicted molar refractivity (Wildman–Crippen MR) is 86.9 cm³/mol. The maximum absolute atomic E-state index is 12.6. The van der Waals surface area contributed by atoms with Gasteiger partial charge in [-0.1, -0.05) is 25.2 Å². The number of carbonyl (C=O) groups is 2. The van der Waals surface area contributed by atoms with E-state index in [1.54, 1.807) is 13.8 Å². The van der Waals surface area contributed by atoms with Crippen LogP contribution in [0.1, 0.15) is 26.7 Å². The molecule has 0 bridgehead atoms. The topological polar surface area (TPSA) is 119 Å². The van der Waals surface area contributed by atoms with Crippen LogP contribution >= 0.6 is 11.3 Å². The lowest BCUT2D eigenvalue weighted by Gasteiger charge is -2.28. The first-order valence-electron chi connectivity index (χ1n) is 7.48. The lowest BCUT2D eigenvalue weighted by molar-refractivity contribution is -0.146. The fourth-order valence-corrected chi connectivity index (χ4v) is 4.73. The zero-order chi connectivity index (χ0) is 17.9. The summed E-state index contributed by atoms with van der Waals surface area (Å²) in [5.41, 5.74) is 0. The Morgan fingerprint density at radius 1 is 1.29 bits per heavy atom. The lowest BCUT2D eigenvalue weighted by Crippen LogP contribution is -2.40. The van der Waals surface area contributed by atoms with Crippen LogP contribution in [0, 0.1) is 11.8 Å². The van der Waals surface area contributed by atoms with Gasteiger partial charge >= 0.3 is 5.97 Å². The molecule has 2 heterocycles. The van der Waals surface area contributed by atoms with E-state index in [1.807, 2.05) is 0 Å². The molecule has 1 aliphatic heterocycles. The van der Waals surface area contributed by atoms with Crippen LogP contribution in [-0.4, -0.2) is 55.0 Å². The fraction of sp³-hybridized carbons (Fsp3) is 0.692. The number of hydrogen-bond acceptors (Lipinski definition) is 8. The van der Waals surface area contributed by atoms with Crippen molar-refractivity contribution in [2.75, 3.05) is 25.5 Å². The van der Waals surface area contributed by atoms with Crippen molar-refractivity contribution in [1.29, 1.82) is 0 Å². The second-order valence-electron chi connectivity index (χ2n) is 5.72. The van der Waals surface area contributed by atoms with E-state index in [-0.39, 0.29) is 46.3 Å². The second kappa shape index (κ2) is 7.53. The minimum Gasteiger partial charge on any atom is -0.469 e. The number of amides is 1. The molecule has 11 heteroatoms. The summed E-state index contributed by atoms with van der Waals surface area (Å²) < 4.78 is 30.9. The molecule has 1 N–H and O–H groups in total. The summed E-state index contributed by atoms with van der Waals surface area (Å²) >= 11 is 0.815. The smallest absolute Gasteiger partial charge is 0.308 e. The van der Waals surface area contributed by atoms with Gasteiger partial charge in [0.15, 0.2) is 0 Å². The van der Waals surface area contributed by atoms with Crippen molar-refractivity contribution in [2.45, 2.75) is 31.0 Å². The van der Waals surface area contributed by atoms with Crippen molar-refractivity contribution in [3.63, 3.8) is 0 Å². The first-order chi connectivity index (χ1) is 11.3. The van der Waals surface area contributed by atoms with Crippen LogP contribution in [0.3, 0.4) is 0 Å². The Balaban J connectivity index is 2.05. The monoisotopic (exact) mass is 376 g/mol. The van der Waals surface area contributed by atoms with Crippen LogP contribution in [0.25, 0.3) is 0 Å². The number of ether oxygens (including phenoxy) is 1. The van der Waals surface area contributed by atoms with Gasteiger partial charge in [-0.25, -0.2) is 8.42 Å². The minimum atomic E-state index is -3.78. The third kappa shape index (κ3) is 4.08. The molecule has 1 amide bonds.